The molecule has 0 bridgehead atoms. The van der Waals surface area contributed by atoms with Crippen molar-refractivity contribution in [3.8, 4) is 11.4 Å². The van der Waals surface area contributed by atoms with E-state index in [0.29, 0.717) is 18.1 Å². The summed E-state index contributed by atoms with van der Waals surface area (Å²) in [5.41, 5.74) is 2.76. The number of aryl methyl sites for hydroxylation is 1. The van der Waals surface area contributed by atoms with Gasteiger partial charge in [-0.15, -0.1) is 0 Å². The highest BCUT2D eigenvalue weighted by molar-refractivity contribution is 7.08. The molecule has 1 aromatic carbocycles. The highest BCUT2D eigenvalue weighted by atomic mass is 32.1. The van der Waals surface area contributed by atoms with E-state index in [1.165, 1.54) is 0 Å². The number of H-pyrrole nitrogens is 1. The summed E-state index contributed by atoms with van der Waals surface area (Å²) >= 11 is 1.57. The van der Waals surface area contributed by atoms with Crippen molar-refractivity contribution in [3.05, 3.63) is 52.8 Å². The smallest absolute Gasteiger partial charge is 0.227 e. The molecule has 3 heterocycles. The number of hydrogen-bond acceptors (Lipinski definition) is 6. The molecule has 0 spiro atoms. The molecule has 0 saturated carbocycles. The minimum absolute atomic E-state index is 0.0896. The number of hydrogen-bond donors (Lipinski definition) is 2. The van der Waals surface area contributed by atoms with E-state index in [1.807, 2.05) is 48.0 Å². The Bertz CT molecular complexity index is 988. The molecule has 0 aliphatic heterocycles. The van der Waals surface area contributed by atoms with E-state index in [-0.39, 0.29) is 18.4 Å². The Morgan fingerprint density at radius 2 is 2.19 bits per heavy atom. The summed E-state index contributed by atoms with van der Waals surface area (Å²) < 4.78 is 5.21. The summed E-state index contributed by atoms with van der Waals surface area (Å²) in [6.45, 7) is 1.90. The van der Waals surface area contributed by atoms with Crippen molar-refractivity contribution < 1.29 is 9.32 Å². The van der Waals surface area contributed by atoms with Crippen LogP contribution in [0.1, 0.15) is 31.1 Å². The van der Waals surface area contributed by atoms with Gasteiger partial charge in [0.05, 0.1) is 17.1 Å². The molecule has 1 atom stereocenters. The molecule has 2 N–H and O–H groups in total. The van der Waals surface area contributed by atoms with E-state index in [4.69, 9.17) is 4.52 Å². The number of carbonyl (C=O) groups is 1. The van der Waals surface area contributed by atoms with Crippen molar-refractivity contribution >= 4 is 28.3 Å². The first-order valence-electron chi connectivity index (χ1n) is 8.28. The molecule has 0 fully saturated rings. The Labute approximate surface area is 153 Å². The fraction of sp³-hybridized carbons (Fsp3) is 0.222. The number of fused-ring (bicyclic) bond motifs is 1. The Balaban J connectivity index is 1.33. The van der Waals surface area contributed by atoms with Gasteiger partial charge < -0.3 is 14.8 Å². The molecule has 132 valence electrons. The first-order valence-corrected chi connectivity index (χ1v) is 9.22. The first-order chi connectivity index (χ1) is 12.7. The zero-order valence-electron chi connectivity index (χ0n) is 14.1. The topological polar surface area (TPSA) is 96.7 Å². The Hall–Kier alpha value is -3.00. The standard InChI is InChI=1S/C18H17N5O2S/c1-11(17-20-13-4-2-3-5-14(13)21-17)19-15(24)6-7-16-22-18(23-25-16)12-8-9-26-10-12/h2-5,8-11H,6-7H2,1H3,(H,19,24)(H,20,21). The second-order valence-electron chi connectivity index (χ2n) is 5.95. The zero-order valence-corrected chi connectivity index (χ0v) is 14.9. The monoisotopic (exact) mass is 367 g/mol. The quantitative estimate of drug-likeness (QED) is 0.544. The predicted molar refractivity (Wildman–Crippen MR) is 98.6 cm³/mol. The molecule has 0 saturated heterocycles. The van der Waals surface area contributed by atoms with E-state index >= 15 is 0 Å². The zero-order chi connectivity index (χ0) is 17.9. The Morgan fingerprint density at radius 3 is 3.00 bits per heavy atom. The van der Waals surface area contributed by atoms with Crippen molar-refractivity contribution in [3.63, 3.8) is 0 Å². The van der Waals surface area contributed by atoms with Gasteiger partial charge in [-0.25, -0.2) is 4.98 Å². The van der Waals surface area contributed by atoms with Crippen molar-refractivity contribution in [1.82, 2.24) is 25.4 Å². The molecule has 0 aliphatic carbocycles. The summed E-state index contributed by atoms with van der Waals surface area (Å²) in [6.07, 6.45) is 0.672. The van der Waals surface area contributed by atoms with Gasteiger partial charge in [-0.05, 0) is 30.5 Å². The van der Waals surface area contributed by atoms with Gasteiger partial charge in [-0.1, -0.05) is 17.3 Å². The van der Waals surface area contributed by atoms with Crippen LogP contribution in [0.15, 0.2) is 45.6 Å². The number of amides is 1. The van der Waals surface area contributed by atoms with Gasteiger partial charge in [0.15, 0.2) is 0 Å². The third kappa shape index (κ3) is 3.50. The molecule has 4 aromatic rings. The van der Waals surface area contributed by atoms with Crippen molar-refractivity contribution in [2.75, 3.05) is 0 Å². The van der Waals surface area contributed by atoms with Crippen molar-refractivity contribution in [2.45, 2.75) is 25.8 Å². The molecule has 8 heteroatoms. The van der Waals surface area contributed by atoms with Crippen molar-refractivity contribution in [2.24, 2.45) is 0 Å². The maximum Gasteiger partial charge on any atom is 0.227 e. The summed E-state index contributed by atoms with van der Waals surface area (Å²) in [5.74, 6) is 1.65. The summed E-state index contributed by atoms with van der Waals surface area (Å²) in [4.78, 5) is 24.3. The maximum atomic E-state index is 12.2. The molecule has 0 radical (unpaired) electrons. The lowest BCUT2D eigenvalue weighted by Crippen LogP contribution is -2.27. The Kier molecular flexibility index (Phi) is 4.49. The number of imidazole rings is 1. The number of nitrogens with one attached hydrogen (secondary N) is 2. The van der Waals surface area contributed by atoms with Crippen LogP contribution in [0, 0.1) is 0 Å². The van der Waals surface area contributed by atoms with Gasteiger partial charge in [-0.2, -0.15) is 16.3 Å². The van der Waals surface area contributed by atoms with Crippen LogP contribution in [0.3, 0.4) is 0 Å². The van der Waals surface area contributed by atoms with E-state index in [1.54, 1.807) is 11.3 Å². The second kappa shape index (κ2) is 7.09. The van der Waals surface area contributed by atoms with Crippen LogP contribution in [0.25, 0.3) is 22.4 Å². The minimum Gasteiger partial charge on any atom is -0.346 e. The second-order valence-corrected chi connectivity index (χ2v) is 6.73. The average Bonchev–Trinajstić information content (AvgIpc) is 3.39. The minimum atomic E-state index is -0.209. The van der Waals surface area contributed by atoms with Crippen LogP contribution in [0.2, 0.25) is 0 Å². The van der Waals surface area contributed by atoms with Crippen LogP contribution in [0.5, 0.6) is 0 Å². The number of rotatable bonds is 6. The number of carbonyl (C=O) groups excluding carboxylic acids is 1. The van der Waals surface area contributed by atoms with Crippen LogP contribution < -0.4 is 5.32 Å². The van der Waals surface area contributed by atoms with Gasteiger partial charge in [0.2, 0.25) is 17.6 Å². The van der Waals surface area contributed by atoms with Crippen LogP contribution in [-0.4, -0.2) is 26.0 Å². The predicted octanol–water partition coefficient (Wildman–Crippen LogP) is 3.48. The normalized spacial score (nSPS) is 12.3. The third-order valence-electron chi connectivity index (χ3n) is 4.01. The number of benzene rings is 1. The van der Waals surface area contributed by atoms with Crippen LogP contribution in [-0.2, 0) is 11.2 Å². The number of thiophene rings is 1. The van der Waals surface area contributed by atoms with Gasteiger partial charge in [-0.3, -0.25) is 4.79 Å². The van der Waals surface area contributed by atoms with Crippen LogP contribution in [0.4, 0.5) is 0 Å². The fourth-order valence-electron chi connectivity index (χ4n) is 2.65. The molecule has 3 aromatic heterocycles. The number of para-hydroxylation sites is 2. The lowest BCUT2D eigenvalue weighted by atomic mass is 10.2. The molecular weight excluding hydrogens is 350 g/mol. The molecule has 1 unspecified atom stereocenters. The first kappa shape index (κ1) is 16.5. The van der Waals surface area contributed by atoms with Gasteiger partial charge in [0.1, 0.15) is 5.82 Å². The average molecular weight is 367 g/mol. The number of aromatic amines is 1. The maximum absolute atomic E-state index is 12.2. The van der Waals surface area contributed by atoms with E-state index < -0.39 is 0 Å². The Morgan fingerprint density at radius 1 is 1.31 bits per heavy atom. The summed E-state index contributed by atoms with van der Waals surface area (Å²) in [7, 11) is 0. The molecular formula is C18H17N5O2S. The van der Waals surface area contributed by atoms with E-state index in [0.717, 1.165) is 22.4 Å². The van der Waals surface area contributed by atoms with E-state index in [9.17, 15) is 4.79 Å². The summed E-state index contributed by atoms with van der Waals surface area (Å²) in [6, 6.07) is 9.50. The molecule has 0 aliphatic rings. The van der Waals surface area contributed by atoms with Gasteiger partial charge in [0, 0.05) is 23.8 Å². The highest BCUT2D eigenvalue weighted by Gasteiger charge is 2.15. The lowest BCUT2D eigenvalue weighted by Gasteiger charge is -2.10. The van der Waals surface area contributed by atoms with Crippen molar-refractivity contribution in [1.29, 1.82) is 0 Å². The SMILES string of the molecule is CC(NC(=O)CCc1nc(-c2ccsc2)no1)c1nc2ccccc2[nH]1. The number of nitrogens with zero attached hydrogens (tertiary/aromatic N) is 3. The van der Waals surface area contributed by atoms with Crippen LogP contribution >= 0.6 is 11.3 Å². The third-order valence-corrected chi connectivity index (χ3v) is 4.69. The molecule has 1 amide bonds. The molecule has 7 nitrogen and oxygen atoms in total. The fourth-order valence-corrected chi connectivity index (χ4v) is 3.28. The highest BCUT2D eigenvalue weighted by Crippen LogP contribution is 2.19. The lowest BCUT2D eigenvalue weighted by molar-refractivity contribution is -0.121. The van der Waals surface area contributed by atoms with E-state index in [2.05, 4.69) is 25.4 Å². The molecule has 4 rings (SSSR count). The van der Waals surface area contributed by atoms with Gasteiger partial charge in [0.25, 0.3) is 0 Å². The summed E-state index contributed by atoms with van der Waals surface area (Å²) in [5, 5.41) is 10.8. The largest absolute Gasteiger partial charge is 0.346 e. The number of aromatic nitrogens is 4. The molecule has 26 heavy (non-hydrogen) atoms. The van der Waals surface area contributed by atoms with Gasteiger partial charge >= 0.3 is 0 Å².